The number of carbonyl (C=O) groups is 2. The van der Waals surface area contributed by atoms with Crippen molar-refractivity contribution < 1.29 is 19.4 Å². The highest BCUT2D eigenvalue weighted by Gasteiger charge is 2.22. The molecule has 0 radical (unpaired) electrons. The third-order valence-electron chi connectivity index (χ3n) is 2.63. The third kappa shape index (κ3) is 2.91. The lowest BCUT2D eigenvalue weighted by atomic mass is 9.97. The zero-order chi connectivity index (χ0) is 13.0. The van der Waals surface area contributed by atoms with Crippen LogP contribution in [0.1, 0.15) is 40.1 Å². The van der Waals surface area contributed by atoms with Gasteiger partial charge in [0, 0.05) is 11.1 Å². The fourth-order valence-corrected chi connectivity index (χ4v) is 1.55. The highest BCUT2D eigenvalue weighted by Crippen LogP contribution is 2.22. The molecule has 1 aromatic carbocycles. The molecule has 0 aliphatic heterocycles. The van der Waals surface area contributed by atoms with Crippen molar-refractivity contribution >= 4 is 12.3 Å². The van der Waals surface area contributed by atoms with Gasteiger partial charge in [0.1, 0.15) is 6.29 Å². The molecule has 0 saturated heterocycles. The molecular weight excluding hydrogens is 220 g/mol. The molecule has 1 aromatic rings. The first-order chi connectivity index (χ1) is 8.01. The first-order valence-corrected chi connectivity index (χ1v) is 5.42. The van der Waals surface area contributed by atoms with Crippen molar-refractivity contribution in [3.8, 4) is 0 Å². The Morgan fingerprint density at radius 2 is 2.00 bits per heavy atom. The molecule has 0 aromatic heterocycles. The van der Waals surface area contributed by atoms with E-state index in [9.17, 15) is 14.7 Å². The Hall–Kier alpha value is -1.68. The lowest BCUT2D eigenvalue weighted by Gasteiger charge is -2.14. The summed E-state index contributed by atoms with van der Waals surface area (Å²) in [7, 11) is 0. The number of aliphatic hydroxyl groups excluding tert-OH is 1. The van der Waals surface area contributed by atoms with Crippen molar-refractivity contribution in [3.05, 3.63) is 34.4 Å². The minimum Gasteiger partial charge on any atom is -0.464 e. The predicted molar refractivity (Wildman–Crippen MR) is 62.9 cm³/mol. The largest absolute Gasteiger partial charge is 0.464 e. The number of ether oxygens (including phenoxy) is 1. The molecule has 92 valence electrons. The molecule has 1 N–H and O–H groups in total. The molecule has 1 unspecified atom stereocenters. The molecule has 4 nitrogen and oxygen atoms in total. The molecule has 17 heavy (non-hydrogen) atoms. The van der Waals surface area contributed by atoms with Crippen LogP contribution in [0, 0.1) is 13.8 Å². The number of aliphatic hydroxyl groups is 1. The van der Waals surface area contributed by atoms with E-state index >= 15 is 0 Å². The van der Waals surface area contributed by atoms with E-state index in [1.165, 1.54) is 0 Å². The summed E-state index contributed by atoms with van der Waals surface area (Å²) in [4.78, 5) is 22.3. The van der Waals surface area contributed by atoms with E-state index in [0.29, 0.717) is 17.4 Å². The molecular formula is C13H16O4. The van der Waals surface area contributed by atoms with Gasteiger partial charge < -0.3 is 9.84 Å². The lowest BCUT2D eigenvalue weighted by molar-refractivity contribution is -0.153. The Morgan fingerprint density at radius 1 is 1.41 bits per heavy atom. The number of hydrogen-bond donors (Lipinski definition) is 1. The average Bonchev–Trinajstić information content (AvgIpc) is 2.31. The number of hydrogen-bond acceptors (Lipinski definition) is 4. The van der Waals surface area contributed by atoms with Crippen molar-refractivity contribution in [2.45, 2.75) is 26.9 Å². The topological polar surface area (TPSA) is 63.6 Å². The second-order valence-electron chi connectivity index (χ2n) is 3.84. The summed E-state index contributed by atoms with van der Waals surface area (Å²) in [5.41, 5.74) is 2.45. The van der Waals surface area contributed by atoms with Crippen molar-refractivity contribution in [1.29, 1.82) is 0 Å². The Morgan fingerprint density at radius 3 is 2.53 bits per heavy atom. The lowest BCUT2D eigenvalue weighted by Crippen LogP contribution is -2.17. The molecule has 0 aliphatic carbocycles. The van der Waals surface area contributed by atoms with Crippen molar-refractivity contribution in [1.82, 2.24) is 0 Å². The summed E-state index contributed by atoms with van der Waals surface area (Å²) in [6, 6.07) is 3.29. The molecule has 0 amide bonds. The van der Waals surface area contributed by atoms with Gasteiger partial charge in [0.2, 0.25) is 0 Å². The summed E-state index contributed by atoms with van der Waals surface area (Å²) >= 11 is 0. The maximum Gasteiger partial charge on any atom is 0.339 e. The van der Waals surface area contributed by atoms with Crippen LogP contribution in [0.5, 0.6) is 0 Å². The number of carbonyl (C=O) groups excluding carboxylic acids is 2. The third-order valence-corrected chi connectivity index (χ3v) is 2.63. The van der Waals surface area contributed by atoms with Gasteiger partial charge in [0.05, 0.1) is 6.61 Å². The SMILES string of the molecule is CCOC(=O)C(O)c1cc(C)c(C)cc1C=O. The number of esters is 1. The normalized spacial score (nSPS) is 12.0. The molecule has 0 saturated carbocycles. The number of aryl methyl sites for hydroxylation is 2. The van der Waals surface area contributed by atoms with Gasteiger partial charge in [0.15, 0.2) is 6.10 Å². The minimum absolute atomic E-state index is 0.192. The molecule has 0 heterocycles. The van der Waals surface area contributed by atoms with Crippen molar-refractivity contribution in [3.63, 3.8) is 0 Å². The van der Waals surface area contributed by atoms with Gasteiger partial charge in [-0.1, -0.05) is 6.07 Å². The number of rotatable bonds is 4. The zero-order valence-corrected chi connectivity index (χ0v) is 10.2. The van der Waals surface area contributed by atoms with Crippen LogP contribution in [0.2, 0.25) is 0 Å². The van der Waals surface area contributed by atoms with Crippen LogP contribution in [-0.4, -0.2) is 24.0 Å². The quantitative estimate of drug-likeness (QED) is 0.638. The molecule has 0 aliphatic rings. The van der Waals surface area contributed by atoms with Gasteiger partial charge in [-0.2, -0.15) is 0 Å². The first kappa shape index (κ1) is 13.4. The second kappa shape index (κ2) is 5.59. The Bertz CT molecular complexity index is 437. The van der Waals surface area contributed by atoms with E-state index in [1.54, 1.807) is 19.1 Å². The van der Waals surface area contributed by atoms with Gasteiger partial charge in [0.25, 0.3) is 0 Å². The molecule has 1 atom stereocenters. The standard InChI is InChI=1S/C13H16O4/c1-4-17-13(16)12(15)11-6-9(3)8(2)5-10(11)7-14/h5-7,12,15H,4H2,1-3H3. The fraction of sp³-hybridized carbons (Fsp3) is 0.385. The summed E-state index contributed by atoms with van der Waals surface area (Å²) in [5, 5.41) is 9.81. The van der Waals surface area contributed by atoms with E-state index in [2.05, 4.69) is 0 Å². The van der Waals surface area contributed by atoms with Crippen LogP contribution in [0.4, 0.5) is 0 Å². The maximum atomic E-state index is 11.4. The van der Waals surface area contributed by atoms with Crippen LogP contribution < -0.4 is 0 Å². The Balaban J connectivity index is 3.16. The number of aldehydes is 1. The van der Waals surface area contributed by atoms with Crippen LogP contribution in [0.3, 0.4) is 0 Å². The van der Waals surface area contributed by atoms with Gasteiger partial charge >= 0.3 is 5.97 Å². The van der Waals surface area contributed by atoms with E-state index in [1.807, 2.05) is 13.8 Å². The van der Waals surface area contributed by atoms with E-state index in [-0.39, 0.29) is 6.61 Å². The fourth-order valence-electron chi connectivity index (χ4n) is 1.55. The zero-order valence-electron chi connectivity index (χ0n) is 10.2. The Labute approximate surface area is 100 Å². The summed E-state index contributed by atoms with van der Waals surface area (Å²) < 4.78 is 4.72. The van der Waals surface area contributed by atoms with Crippen LogP contribution in [0.15, 0.2) is 12.1 Å². The van der Waals surface area contributed by atoms with Crippen LogP contribution in [-0.2, 0) is 9.53 Å². The first-order valence-electron chi connectivity index (χ1n) is 5.42. The van der Waals surface area contributed by atoms with E-state index < -0.39 is 12.1 Å². The highest BCUT2D eigenvalue weighted by molar-refractivity contribution is 5.84. The molecule has 0 fully saturated rings. The minimum atomic E-state index is -1.41. The average molecular weight is 236 g/mol. The summed E-state index contributed by atoms with van der Waals surface area (Å²) in [6.45, 7) is 5.57. The summed E-state index contributed by atoms with van der Waals surface area (Å²) in [5.74, 6) is -0.737. The van der Waals surface area contributed by atoms with Gasteiger partial charge in [-0.3, -0.25) is 4.79 Å². The van der Waals surface area contributed by atoms with E-state index in [4.69, 9.17) is 4.74 Å². The van der Waals surface area contributed by atoms with Crippen LogP contribution >= 0.6 is 0 Å². The second-order valence-corrected chi connectivity index (χ2v) is 3.84. The monoisotopic (exact) mass is 236 g/mol. The summed E-state index contributed by atoms with van der Waals surface area (Å²) in [6.07, 6.45) is -0.779. The van der Waals surface area contributed by atoms with E-state index in [0.717, 1.165) is 11.1 Å². The van der Waals surface area contributed by atoms with Gasteiger partial charge in [-0.15, -0.1) is 0 Å². The molecule has 1 rings (SSSR count). The van der Waals surface area contributed by atoms with Gasteiger partial charge in [-0.05, 0) is 38.0 Å². The van der Waals surface area contributed by atoms with Gasteiger partial charge in [-0.25, -0.2) is 4.79 Å². The van der Waals surface area contributed by atoms with Crippen molar-refractivity contribution in [2.75, 3.05) is 6.61 Å². The molecule has 4 heteroatoms. The smallest absolute Gasteiger partial charge is 0.339 e. The van der Waals surface area contributed by atoms with Crippen molar-refractivity contribution in [2.24, 2.45) is 0 Å². The predicted octanol–water partition coefficient (Wildman–Crippen LogP) is 1.71. The molecule has 0 bridgehead atoms. The number of benzene rings is 1. The highest BCUT2D eigenvalue weighted by atomic mass is 16.5. The molecule has 0 spiro atoms. The Kier molecular flexibility index (Phi) is 4.40. The van der Waals surface area contributed by atoms with Crippen LogP contribution in [0.25, 0.3) is 0 Å². The maximum absolute atomic E-state index is 11.4.